The molecule has 0 amide bonds. The van der Waals surface area contributed by atoms with Gasteiger partial charge in [-0.05, 0) is 89.5 Å². The summed E-state index contributed by atoms with van der Waals surface area (Å²) in [5.74, 6) is -1.43. The van der Waals surface area contributed by atoms with Crippen molar-refractivity contribution in [2.75, 3.05) is 25.6 Å². The molecule has 1 fully saturated rings. The van der Waals surface area contributed by atoms with Crippen LogP contribution in [0.2, 0.25) is 0 Å². The number of aliphatic hydroxyl groups excluding tert-OH is 3. The van der Waals surface area contributed by atoms with Gasteiger partial charge in [-0.1, -0.05) is 157 Å². The third-order valence-electron chi connectivity index (χ3n) is 11.8. The summed E-state index contributed by atoms with van der Waals surface area (Å²) in [5.41, 5.74) is 4.58. The second-order valence-electron chi connectivity index (χ2n) is 18.6. The van der Waals surface area contributed by atoms with Crippen LogP contribution in [0, 0.1) is 0 Å². The molecule has 7 N–H and O–H groups in total. The Bertz CT molecular complexity index is 2120. The van der Waals surface area contributed by atoms with Crippen LogP contribution in [0.3, 0.4) is 0 Å². The number of hydrogen-bond acceptors (Lipinski definition) is 16. The third kappa shape index (κ3) is 33.9. The van der Waals surface area contributed by atoms with Crippen molar-refractivity contribution in [1.29, 1.82) is 0 Å². The van der Waals surface area contributed by atoms with Gasteiger partial charge in [-0.15, -0.1) is 0 Å². The molecule has 1 aromatic rings. The molecular weight excluding hydrogens is 1020 g/mol. The van der Waals surface area contributed by atoms with Crippen LogP contribution in [-0.2, 0) is 46.3 Å². The van der Waals surface area contributed by atoms with E-state index in [0.717, 1.165) is 81.4 Å². The summed E-state index contributed by atoms with van der Waals surface area (Å²) in [6.45, 7) is 1.97. The molecule has 0 aromatic carbocycles. The first-order valence-electron chi connectivity index (χ1n) is 27.2. The maximum absolute atomic E-state index is 12.9. The van der Waals surface area contributed by atoms with Crippen LogP contribution in [0.15, 0.2) is 102 Å². The summed E-state index contributed by atoms with van der Waals surface area (Å²) in [7, 11) is -10.9. The number of aromatic nitrogens is 2. The number of ether oxygens (including phenoxy) is 3. The van der Waals surface area contributed by atoms with E-state index in [1.165, 1.54) is 44.6 Å². The molecule has 0 bridgehead atoms. The average Bonchev–Trinajstić information content (AvgIpc) is 3.66. The number of hydrogen-bond donors (Lipinski definition) is 6. The summed E-state index contributed by atoms with van der Waals surface area (Å²) in [6.07, 6.45) is 42.5. The minimum Gasteiger partial charge on any atom is -0.462 e. The lowest BCUT2D eigenvalue weighted by Gasteiger charge is -2.21. The van der Waals surface area contributed by atoms with Gasteiger partial charge in [0.25, 0.3) is 0 Å². The highest BCUT2D eigenvalue weighted by atomic mass is 31.3. The number of esters is 2. The van der Waals surface area contributed by atoms with Crippen LogP contribution in [0.1, 0.15) is 174 Å². The van der Waals surface area contributed by atoms with Crippen molar-refractivity contribution in [2.24, 2.45) is 0 Å². The Morgan fingerprint density at radius 2 is 1.24 bits per heavy atom. The summed E-state index contributed by atoms with van der Waals surface area (Å²) >= 11 is 0. The standard InChI is InChI=1S/C55H89N3O16P2/c1-3-5-7-9-11-12-13-14-15-16-17-18-19-20-21-22-23-27-32-36-40-51(61)72-47(43-69-50(60)39-35-31-28-24-26-30-34-38-46(59)37-33-29-25-10-8-6-4-2)44-70-75(65,66)74-76(67,68)71-45-48-52(62)53(63)54(73-48)58-42-41-49(56)57-55(58)64/h12-13,15-16,18-19,24-25,28-30,33-34,37,41-42,46-48,52-54,59,62-63H,3-11,14,17,20-23,26-27,31-32,35-36,38-40,43-45H2,1-2H3,(H,65,66)(H,67,68)(H2,56,57,64)/b13-12-,16-15-,19-18-,28-24+,29-25-,34-30-,37-33-/t46-,47-,48-,52-,53-,54-/m1/s1. The van der Waals surface area contributed by atoms with Gasteiger partial charge < -0.3 is 45.1 Å². The molecule has 8 atom stereocenters. The molecule has 21 heteroatoms. The fraction of sp³-hybridized carbons (Fsp3) is 0.636. The Hall–Kier alpha value is -4.10. The van der Waals surface area contributed by atoms with Crippen molar-refractivity contribution in [2.45, 2.75) is 205 Å². The molecule has 1 aliphatic rings. The number of unbranched alkanes of at least 4 members (excludes halogenated alkanes) is 14. The van der Waals surface area contributed by atoms with Crippen molar-refractivity contribution < 1.29 is 71.4 Å². The molecule has 430 valence electrons. The van der Waals surface area contributed by atoms with E-state index in [-0.39, 0.29) is 18.7 Å². The Morgan fingerprint density at radius 3 is 1.89 bits per heavy atom. The van der Waals surface area contributed by atoms with E-state index in [2.05, 4.69) is 65.7 Å². The predicted molar refractivity (Wildman–Crippen MR) is 294 cm³/mol. The van der Waals surface area contributed by atoms with Crippen LogP contribution in [0.5, 0.6) is 0 Å². The first-order valence-corrected chi connectivity index (χ1v) is 30.2. The van der Waals surface area contributed by atoms with Crippen molar-refractivity contribution in [3.63, 3.8) is 0 Å². The van der Waals surface area contributed by atoms with Crippen LogP contribution < -0.4 is 11.4 Å². The molecule has 76 heavy (non-hydrogen) atoms. The number of nitrogen functional groups attached to an aromatic ring is 1. The number of aliphatic hydroxyl groups is 3. The van der Waals surface area contributed by atoms with Gasteiger partial charge in [0.05, 0.1) is 19.3 Å². The van der Waals surface area contributed by atoms with Crippen LogP contribution in [-0.4, -0.2) is 96.9 Å². The highest BCUT2D eigenvalue weighted by Gasteiger charge is 2.46. The topological polar surface area (TPSA) is 286 Å². The zero-order valence-electron chi connectivity index (χ0n) is 44.9. The molecule has 0 aliphatic carbocycles. The molecule has 2 unspecified atom stereocenters. The zero-order chi connectivity index (χ0) is 55.7. The predicted octanol–water partition coefficient (Wildman–Crippen LogP) is 10.8. The molecule has 19 nitrogen and oxygen atoms in total. The number of phosphoric acid groups is 2. The average molecular weight is 1110 g/mol. The molecule has 0 spiro atoms. The van der Waals surface area contributed by atoms with E-state index in [9.17, 15) is 48.6 Å². The Labute approximate surface area is 450 Å². The number of nitrogens with zero attached hydrogens (tertiary/aromatic N) is 2. The molecule has 1 aromatic heterocycles. The highest BCUT2D eigenvalue weighted by molar-refractivity contribution is 7.61. The van der Waals surface area contributed by atoms with Gasteiger partial charge >= 0.3 is 33.3 Å². The van der Waals surface area contributed by atoms with E-state index < -0.39 is 89.8 Å². The lowest BCUT2D eigenvalue weighted by molar-refractivity contribution is -0.161. The molecule has 0 radical (unpaired) electrons. The van der Waals surface area contributed by atoms with Crippen LogP contribution in [0.25, 0.3) is 0 Å². The second-order valence-corrected chi connectivity index (χ2v) is 21.6. The molecule has 1 saturated heterocycles. The quantitative estimate of drug-likeness (QED) is 0.0116. The molecule has 0 saturated carbocycles. The van der Waals surface area contributed by atoms with Gasteiger partial charge in [0.2, 0.25) is 0 Å². The van der Waals surface area contributed by atoms with Crippen LogP contribution >= 0.6 is 15.6 Å². The summed E-state index contributed by atoms with van der Waals surface area (Å²) in [4.78, 5) is 62.0. The molecule has 2 rings (SSSR count). The van der Waals surface area contributed by atoms with Gasteiger partial charge in [0, 0.05) is 19.0 Å². The smallest absolute Gasteiger partial charge is 0.462 e. The van der Waals surface area contributed by atoms with Crippen LogP contribution in [0.4, 0.5) is 5.82 Å². The fourth-order valence-electron chi connectivity index (χ4n) is 7.51. The Balaban J connectivity index is 1.83. The maximum Gasteiger partial charge on any atom is 0.481 e. The Morgan fingerprint density at radius 1 is 0.697 bits per heavy atom. The van der Waals surface area contributed by atoms with Gasteiger partial charge in [-0.2, -0.15) is 9.29 Å². The maximum atomic E-state index is 12.9. The molecule has 1 aliphatic heterocycles. The number of carbonyl (C=O) groups is 2. The van der Waals surface area contributed by atoms with E-state index >= 15 is 0 Å². The summed E-state index contributed by atoms with van der Waals surface area (Å²) in [5, 5.41) is 31.1. The minimum absolute atomic E-state index is 0.00649. The van der Waals surface area contributed by atoms with Crippen molar-refractivity contribution >= 4 is 33.4 Å². The van der Waals surface area contributed by atoms with Gasteiger partial charge in [-0.25, -0.2) is 13.9 Å². The summed E-state index contributed by atoms with van der Waals surface area (Å²) < 4.78 is 56.8. The van der Waals surface area contributed by atoms with E-state index in [4.69, 9.17) is 29.0 Å². The van der Waals surface area contributed by atoms with Crippen molar-refractivity contribution in [3.05, 3.63) is 108 Å². The molecule has 2 heterocycles. The third-order valence-corrected chi connectivity index (χ3v) is 14.4. The van der Waals surface area contributed by atoms with Gasteiger partial charge in [0.15, 0.2) is 12.3 Å². The largest absolute Gasteiger partial charge is 0.481 e. The minimum atomic E-state index is -5.46. The van der Waals surface area contributed by atoms with Crippen molar-refractivity contribution in [3.8, 4) is 0 Å². The van der Waals surface area contributed by atoms with Crippen molar-refractivity contribution in [1.82, 2.24) is 9.55 Å². The second kappa shape index (κ2) is 41.9. The number of rotatable bonds is 44. The van der Waals surface area contributed by atoms with E-state index in [0.29, 0.717) is 32.1 Å². The first-order chi connectivity index (χ1) is 36.6. The molecular formula is C55H89N3O16P2. The number of phosphoric ester groups is 2. The van der Waals surface area contributed by atoms with Gasteiger partial charge in [0.1, 0.15) is 30.7 Å². The van der Waals surface area contributed by atoms with E-state index in [1.807, 2.05) is 36.5 Å². The Kier molecular flexibility index (Phi) is 37.5. The number of allylic oxidation sites excluding steroid dienone is 12. The number of carbonyl (C=O) groups excluding carboxylic acids is 2. The normalized spacial score (nSPS) is 19.8. The van der Waals surface area contributed by atoms with Gasteiger partial charge in [-0.3, -0.25) is 23.2 Å². The lowest BCUT2D eigenvalue weighted by atomic mass is 10.1. The monoisotopic (exact) mass is 1110 g/mol. The SMILES string of the molecule is CCCCC/C=C\C=C/[C@@H](O)C/C=C\C/C=C/CCCC(=O)OC[C@H](COP(=O)(O)OP(=O)(O)OC[C@H]1O[C@@H](n2ccc(N)nc2=O)[C@H](O)[C@@H]1O)OC(=O)CCCCCCCC/C=C\C/C=C\C/C=C\CCCCCC. The highest BCUT2D eigenvalue weighted by Crippen LogP contribution is 2.60. The fourth-order valence-corrected chi connectivity index (χ4v) is 9.62. The number of nitrogens with two attached hydrogens (primary N) is 1. The first kappa shape index (κ1) is 68.0. The zero-order valence-corrected chi connectivity index (χ0v) is 46.7. The lowest BCUT2D eigenvalue weighted by Crippen LogP contribution is -2.36. The number of anilines is 1. The van der Waals surface area contributed by atoms with E-state index in [1.54, 1.807) is 6.08 Å². The summed E-state index contributed by atoms with van der Waals surface area (Å²) in [6, 6.07) is 1.24.